The van der Waals surface area contributed by atoms with Gasteiger partial charge in [0.1, 0.15) is 5.82 Å². The highest BCUT2D eigenvalue weighted by Crippen LogP contribution is 2.18. The molecule has 2 N–H and O–H groups in total. The summed E-state index contributed by atoms with van der Waals surface area (Å²) in [6, 6.07) is 4.20. The lowest BCUT2D eigenvalue weighted by Gasteiger charge is -2.35. The van der Waals surface area contributed by atoms with E-state index in [1.54, 1.807) is 4.90 Å². The Labute approximate surface area is 154 Å². The first kappa shape index (κ1) is 21.8. The number of nitrogens with two attached hydrogens (primary N) is 1. The summed E-state index contributed by atoms with van der Waals surface area (Å²) in [4.78, 5) is 14.0. The SMILES string of the molecule is CC(C)C[C@H](N)C(=O)N1CCN(S(=O)(=O)c2ccc(F)cc2)CC1.Cl. The topological polar surface area (TPSA) is 83.7 Å². The third-order valence-corrected chi connectivity index (χ3v) is 5.96. The van der Waals surface area contributed by atoms with Gasteiger partial charge in [-0.15, -0.1) is 12.4 Å². The van der Waals surface area contributed by atoms with E-state index in [1.807, 2.05) is 13.8 Å². The molecule has 0 saturated carbocycles. The second-order valence-electron chi connectivity index (χ2n) is 6.42. The largest absolute Gasteiger partial charge is 0.339 e. The third-order valence-electron chi connectivity index (χ3n) is 4.04. The van der Waals surface area contributed by atoms with Crippen LogP contribution in [0.25, 0.3) is 0 Å². The molecule has 1 atom stereocenters. The highest BCUT2D eigenvalue weighted by Gasteiger charge is 2.31. The third kappa shape index (κ3) is 5.37. The van der Waals surface area contributed by atoms with Crippen molar-refractivity contribution in [2.45, 2.75) is 31.2 Å². The zero-order chi connectivity index (χ0) is 17.9. The molecule has 1 heterocycles. The van der Waals surface area contributed by atoms with E-state index in [-0.39, 0.29) is 36.3 Å². The Kier molecular flexibility index (Phi) is 7.80. The molecule has 1 amide bonds. The van der Waals surface area contributed by atoms with Gasteiger partial charge in [-0.3, -0.25) is 4.79 Å². The summed E-state index contributed by atoms with van der Waals surface area (Å²) in [5, 5.41) is 0. The van der Waals surface area contributed by atoms with Crippen molar-refractivity contribution in [2.75, 3.05) is 26.2 Å². The summed E-state index contributed by atoms with van der Waals surface area (Å²) in [5.74, 6) is -0.296. The highest BCUT2D eigenvalue weighted by molar-refractivity contribution is 7.89. The van der Waals surface area contributed by atoms with Crippen LogP contribution in [-0.2, 0) is 14.8 Å². The van der Waals surface area contributed by atoms with E-state index < -0.39 is 21.9 Å². The molecule has 1 aromatic carbocycles. The summed E-state index contributed by atoms with van der Waals surface area (Å²) in [7, 11) is -3.67. The fourth-order valence-corrected chi connectivity index (χ4v) is 4.17. The monoisotopic (exact) mass is 393 g/mol. The van der Waals surface area contributed by atoms with Crippen LogP contribution in [0.15, 0.2) is 29.2 Å². The maximum Gasteiger partial charge on any atom is 0.243 e. The van der Waals surface area contributed by atoms with Crippen LogP contribution in [0.5, 0.6) is 0 Å². The Morgan fingerprint density at radius 3 is 2.16 bits per heavy atom. The maximum atomic E-state index is 13.0. The van der Waals surface area contributed by atoms with Gasteiger partial charge in [-0.25, -0.2) is 12.8 Å². The van der Waals surface area contributed by atoms with Gasteiger partial charge in [-0.2, -0.15) is 4.31 Å². The van der Waals surface area contributed by atoms with Gasteiger partial charge in [-0.05, 0) is 36.6 Å². The number of piperazine rings is 1. The maximum absolute atomic E-state index is 13.0. The van der Waals surface area contributed by atoms with Crippen molar-refractivity contribution in [1.29, 1.82) is 0 Å². The Morgan fingerprint density at radius 2 is 1.68 bits per heavy atom. The second kappa shape index (κ2) is 8.93. The van der Waals surface area contributed by atoms with Crippen molar-refractivity contribution in [3.05, 3.63) is 30.1 Å². The number of hydrogen-bond donors (Lipinski definition) is 1. The summed E-state index contributed by atoms with van der Waals surface area (Å²) in [6.45, 7) is 5.04. The molecule has 0 spiro atoms. The fourth-order valence-electron chi connectivity index (χ4n) is 2.75. The zero-order valence-corrected chi connectivity index (χ0v) is 16.0. The van der Waals surface area contributed by atoms with Crippen LogP contribution in [0.4, 0.5) is 4.39 Å². The first-order valence-electron chi connectivity index (χ1n) is 8.02. The van der Waals surface area contributed by atoms with Gasteiger partial charge < -0.3 is 10.6 Å². The Hall–Kier alpha value is -1.22. The van der Waals surface area contributed by atoms with Crippen LogP contribution >= 0.6 is 12.4 Å². The number of halogens is 2. The smallest absolute Gasteiger partial charge is 0.243 e. The lowest BCUT2D eigenvalue weighted by Crippen LogP contribution is -2.54. The van der Waals surface area contributed by atoms with Gasteiger partial charge in [0.2, 0.25) is 15.9 Å². The molecule has 0 unspecified atom stereocenters. The van der Waals surface area contributed by atoms with Crippen molar-refractivity contribution in [3.8, 4) is 0 Å². The summed E-state index contributed by atoms with van der Waals surface area (Å²) in [6.07, 6.45) is 0.604. The first-order valence-corrected chi connectivity index (χ1v) is 9.46. The Bertz CT molecular complexity index is 674. The van der Waals surface area contributed by atoms with E-state index in [9.17, 15) is 17.6 Å². The van der Waals surface area contributed by atoms with Gasteiger partial charge in [-0.1, -0.05) is 13.8 Å². The molecule has 1 fully saturated rings. The molecule has 9 heteroatoms. The normalized spacial score (nSPS) is 17.2. The number of nitrogens with zero attached hydrogens (tertiary/aromatic N) is 2. The Balaban J connectivity index is 0.00000312. The molecule has 1 aromatic rings. The summed E-state index contributed by atoms with van der Waals surface area (Å²) < 4.78 is 39.3. The van der Waals surface area contributed by atoms with E-state index in [2.05, 4.69) is 0 Å². The van der Waals surface area contributed by atoms with Crippen LogP contribution in [0.3, 0.4) is 0 Å². The summed E-state index contributed by atoms with van der Waals surface area (Å²) >= 11 is 0. The van der Waals surface area contributed by atoms with Crippen LogP contribution in [0, 0.1) is 11.7 Å². The standard InChI is InChI=1S/C16H24FN3O3S.ClH/c1-12(2)11-15(18)16(21)19-7-9-20(10-8-19)24(22,23)14-5-3-13(17)4-6-14;/h3-6,12,15H,7-11,18H2,1-2H3;1H/t15-;/m0./s1. The van der Waals surface area contributed by atoms with Crippen LogP contribution in [0.2, 0.25) is 0 Å². The predicted octanol–water partition coefficient (Wildman–Crippen LogP) is 1.45. The van der Waals surface area contributed by atoms with E-state index >= 15 is 0 Å². The molecule has 25 heavy (non-hydrogen) atoms. The second-order valence-corrected chi connectivity index (χ2v) is 8.36. The predicted molar refractivity (Wildman–Crippen MR) is 96.4 cm³/mol. The minimum Gasteiger partial charge on any atom is -0.339 e. The van der Waals surface area contributed by atoms with E-state index in [1.165, 1.54) is 16.4 Å². The van der Waals surface area contributed by atoms with Crippen molar-refractivity contribution in [3.63, 3.8) is 0 Å². The van der Waals surface area contributed by atoms with Crippen molar-refractivity contribution >= 4 is 28.3 Å². The van der Waals surface area contributed by atoms with E-state index in [0.29, 0.717) is 25.4 Å². The van der Waals surface area contributed by atoms with Crippen LogP contribution in [-0.4, -0.2) is 55.8 Å². The van der Waals surface area contributed by atoms with E-state index in [4.69, 9.17) is 5.73 Å². The quantitative estimate of drug-likeness (QED) is 0.820. The molecule has 1 aliphatic rings. The van der Waals surface area contributed by atoms with Gasteiger partial charge in [0, 0.05) is 26.2 Å². The lowest BCUT2D eigenvalue weighted by atomic mass is 10.0. The first-order chi connectivity index (χ1) is 11.2. The molecule has 0 aromatic heterocycles. The number of hydrogen-bond acceptors (Lipinski definition) is 4. The van der Waals surface area contributed by atoms with E-state index in [0.717, 1.165) is 12.1 Å². The molecular formula is C16H25ClFN3O3S. The van der Waals surface area contributed by atoms with Crippen molar-refractivity contribution in [2.24, 2.45) is 11.7 Å². The number of rotatable bonds is 5. The minimum atomic E-state index is -3.67. The average Bonchev–Trinajstić information content (AvgIpc) is 2.54. The van der Waals surface area contributed by atoms with Gasteiger partial charge in [0.05, 0.1) is 10.9 Å². The molecule has 0 bridgehead atoms. The number of sulfonamides is 1. The molecule has 6 nitrogen and oxygen atoms in total. The summed E-state index contributed by atoms with van der Waals surface area (Å²) in [5.41, 5.74) is 5.92. The Morgan fingerprint density at radius 1 is 1.16 bits per heavy atom. The van der Waals surface area contributed by atoms with Gasteiger partial charge in [0.25, 0.3) is 0 Å². The average molecular weight is 394 g/mol. The molecule has 2 rings (SSSR count). The number of carbonyl (C=O) groups excluding carboxylic acids is 1. The van der Waals surface area contributed by atoms with Crippen molar-refractivity contribution < 1.29 is 17.6 Å². The minimum absolute atomic E-state index is 0. The molecule has 0 radical (unpaired) electrons. The molecule has 0 aliphatic carbocycles. The number of benzene rings is 1. The van der Waals surface area contributed by atoms with Crippen molar-refractivity contribution in [1.82, 2.24) is 9.21 Å². The van der Waals surface area contributed by atoms with Gasteiger partial charge in [0.15, 0.2) is 0 Å². The molecule has 1 saturated heterocycles. The van der Waals surface area contributed by atoms with Crippen LogP contribution < -0.4 is 5.73 Å². The molecule has 142 valence electrons. The molecular weight excluding hydrogens is 369 g/mol. The zero-order valence-electron chi connectivity index (χ0n) is 14.4. The number of amides is 1. The molecule has 1 aliphatic heterocycles. The van der Waals surface area contributed by atoms with Gasteiger partial charge >= 0.3 is 0 Å². The lowest BCUT2D eigenvalue weighted by molar-refractivity contribution is -0.134. The highest BCUT2D eigenvalue weighted by atomic mass is 35.5. The van der Waals surface area contributed by atoms with Crippen LogP contribution in [0.1, 0.15) is 20.3 Å². The number of carbonyl (C=O) groups is 1. The fraction of sp³-hybridized carbons (Fsp3) is 0.562.